The first-order valence-corrected chi connectivity index (χ1v) is 7.61. The van der Waals surface area contributed by atoms with Crippen molar-refractivity contribution in [2.75, 3.05) is 25.9 Å². The Kier molecular flexibility index (Phi) is 3.33. The first kappa shape index (κ1) is 13.3. The maximum Gasteiger partial charge on any atom is 0.308 e. The van der Waals surface area contributed by atoms with Crippen molar-refractivity contribution in [2.24, 2.45) is 5.92 Å². The number of rotatable bonds is 3. The molecule has 18 heavy (non-hydrogen) atoms. The van der Waals surface area contributed by atoms with Gasteiger partial charge in [-0.2, -0.15) is 0 Å². The lowest BCUT2D eigenvalue weighted by Crippen LogP contribution is -2.39. The molecular formula is C10H16N2O5S. The summed E-state index contributed by atoms with van der Waals surface area (Å²) in [6.45, 7) is 0.859. The second-order valence-corrected chi connectivity index (χ2v) is 6.83. The molecule has 2 aliphatic heterocycles. The molecule has 2 heterocycles. The van der Waals surface area contributed by atoms with Gasteiger partial charge >= 0.3 is 5.97 Å². The predicted molar refractivity (Wildman–Crippen MR) is 62.3 cm³/mol. The standard InChI is InChI=1S/C10H16N2O5S/c1-18(16,17)11-3-2-8(6-11)12-5-7(10(14)15)4-9(12)13/h7-8H,2-6H2,1H3,(H,14,15). The highest BCUT2D eigenvalue weighted by Gasteiger charge is 2.41. The van der Waals surface area contributed by atoms with Gasteiger partial charge in [0.2, 0.25) is 15.9 Å². The lowest BCUT2D eigenvalue weighted by atomic mass is 10.1. The summed E-state index contributed by atoms with van der Waals surface area (Å²) in [5, 5.41) is 8.89. The van der Waals surface area contributed by atoms with Gasteiger partial charge in [-0.05, 0) is 6.42 Å². The topological polar surface area (TPSA) is 95.0 Å². The van der Waals surface area contributed by atoms with E-state index in [1.54, 1.807) is 0 Å². The van der Waals surface area contributed by atoms with Gasteiger partial charge in [0.05, 0.1) is 12.2 Å². The third kappa shape index (κ3) is 2.49. The second-order valence-electron chi connectivity index (χ2n) is 4.85. The van der Waals surface area contributed by atoms with Crippen LogP contribution in [0.3, 0.4) is 0 Å². The molecule has 0 aromatic heterocycles. The molecule has 0 aromatic rings. The number of carbonyl (C=O) groups is 2. The molecule has 0 aliphatic carbocycles. The van der Waals surface area contributed by atoms with E-state index in [2.05, 4.69) is 0 Å². The minimum absolute atomic E-state index is 0.0186. The van der Waals surface area contributed by atoms with E-state index >= 15 is 0 Å². The van der Waals surface area contributed by atoms with Crippen LogP contribution >= 0.6 is 0 Å². The third-order valence-electron chi connectivity index (χ3n) is 3.54. The molecule has 0 radical (unpaired) electrons. The fourth-order valence-electron chi connectivity index (χ4n) is 2.52. The Bertz CT molecular complexity index is 475. The number of likely N-dealkylation sites (tertiary alicyclic amines) is 1. The van der Waals surface area contributed by atoms with Crippen LogP contribution in [-0.4, -0.2) is 66.5 Å². The molecule has 0 bridgehead atoms. The van der Waals surface area contributed by atoms with E-state index in [1.165, 1.54) is 9.21 Å². The number of aliphatic carboxylic acids is 1. The molecule has 8 heteroatoms. The zero-order valence-electron chi connectivity index (χ0n) is 10.1. The minimum atomic E-state index is -3.23. The van der Waals surface area contributed by atoms with Crippen LogP contribution in [0.1, 0.15) is 12.8 Å². The van der Waals surface area contributed by atoms with Crippen molar-refractivity contribution in [1.82, 2.24) is 9.21 Å². The third-order valence-corrected chi connectivity index (χ3v) is 4.81. The van der Waals surface area contributed by atoms with Crippen LogP contribution in [0.15, 0.2) is 0 Å². The van der Waals surface area contributed by atoms with E-state index in [0.29, 0.717) is 13.0 Å². The largest absolute Gasteiger partial charge is 0.481 e. The number of carboxylic acids is 1. The van der Waals surface area contributed by atoms with Crippen molar-refractivity contribution in [3.8, 4) is 0 Å². The first-order chi connectivity index (χ1) is 8.29. The van der Waals surface area contributed by atoms with Crippen molar-refractivity contribution in [3.63, 3.8) is 0 Å². The number of carboxylic acid groups (broad SMARTS) is 1. The monoisotopic (exact) mass is 276 g/mol. The predicted octanol–water partition coefficient (Wildman–Crippen LogP) is -1.05. The molecule has 1 N–H and O–H groups in total. The molecule has 2 rings (SSSR count). The average molecular weight is 276 g/mol. The molecule has 7 nitrogen and oxygen atoms in total. The maximum absolute atomic E-state index is 11.7. The number of carbonyl (C=O) groups excluding carboxylic acids is 1. The van der Waals surface area contributed by atoms with Crippen LogP contribution in [-0.2, 0) is 19.6 Å². The van der Waals surface area contributed by atoms with Crippen molar-refractivity contribution < 1.29 is 23.1 Å². The second kappa shape index (κ2) is 4.51. The quantitative estimate of drug-likeness (QED) is 0.710. The lowest BCUT2D eigenvalue weighted by Gasteiger charge is -2.24. The van der Waals surface area contributed by atoms with Gasteiger partial charge in [0.15, 0.2) is 0 Å². The van der Waals surface area contributed by atoms with Gasteiger partial charge in [-0.15, -0.1) is 0 Å². The van der Waals surface area contributed by atoms with Crippen LogP contribution < -0.4 is 0 Å². The molecule has 0 spiro atoms. The molecule has 2 atom stereocenters. The summed E-state index contributed by atoms with van der Waals surface area (Å²) < 4.78 is 24.1. The number of nitrogens with zero attached hydrogens (tertiary/aromatic N) is 2. The van der Waals surface area contributed by atoms with E-state index in [0.717, 1.165) is 6.26 Å². The normalized spacial score (nSPS) is 30.1. The number of hydrogen-bond donors (Lipinski definition) is 1. The van der Waals surface area contributed by atoms with E-state index in [-0.39, 0.29) is 31.5 Å². The van der Waals surface area contributed by atoms with Crippen LogP contribution in [0, 0.1) is 5.92 Å². The van der Waals surface area contributed by atoms with Gasteiger partial charge in [0.1, 0.15) is 0 Å². The number of sulfonamides is 1. The summed E-state index contributed by atoms with van der Waals surface area (Å²) in [7, 11) is -3.23. The number of amides is 1. The summed E-state index contributed by atoms with van der Waals surface area (Å²) in [6, 6.07) is -0.184. The Morgan fingerprint density at radius 1 is 1.39 bits per heavy atom. The van der Waals surface area contributed by atoms with Crippen LogP contribution in [0.25, 0.3) is 0 Å². The molecule has 2 unspecified atom stereocenters. The summed E-state index contributed by atoms with van der Waals surface area (Å²) in [5.41, 5.74) is 0. The van der Waals surface area contributed by atoms with Crippen molar-refractivity contribution >= 4 is 21.9 Å². The Hall–Kier alpha value is -1.15. The molecule has 2 fully saturated rings. The Labute approximate surface area is 105 Å². The summed E-state index contributed by atoms with van der Waals surface area (Å²) in [5.74, 6) is -1.82. The smallest absolute Gasteiger partial charge is 0.308 e. The lowest BCUT2D eigenvalue weighted by molar-refractivity contribution is -0.141. The highest BCUT2D eigenvalue weighted by Crippen LogP contribution is 2.26. The summed E-state index contributed by atoms with van der Waals surface area (Å²) in [6.07, 6.45) is 1.73. The maximum atomic E-state index is 11.7. The first-order valence-electron chi connectivity index (χ1n) is 5.76. The zero-order chi connectivity index (χ0) is 13.5. The van der Waals surface area contributed by atoms with Crippen molar-refractivity contribution in [1.29, 1.82) is 0 Å². The average Bonchev–Trinajstić information content (AvgIpc) is 2.81. The van der Waals surface area contributed by atoms with Gasteiger partial charge in [-0.3, -0.25) is 9.59 Å². The van der Waals surface area contributed by atoms with Crippen LogP contribution in [0.5, 0.6) is 0 Å². The molecule has 2 aliphatic rings. The SMILES string of the molecule is CS(=O)(=O)N1CCC(N2CC(C(=O)O)CC2=O)C1. The molecule has 1 amide bonds. The highest BCUT2D eigenvalue weighted by molar-refractivity contribution is 7.88. The molecule has 0 aromatic carbocycles. The van der Waals surface area contributed by atoms with Crippen molar-refractivity contribution in [3.05, 3.63) is 0 Å². The van der Waals surface area contributed by atoms with Crippen LogP contribution in [0.4, 0.5) is 0 Å². The highest BCUT2D eigenvalue weighted by atomic mass is 32.2. The van der Waals surface area contributed by atoms with Gasteiger partial charge in [-0.1, -0.05) is 0 Å². The molecule has 0 saturated carbocycles. The fraction of sp³-hybridized carbons (Fsp3) is 0.800. The summed E-state index contributed by atoms with van der Waals surface area (Å²) in [4.78, 5) is 24.1. The molecule has 102 valence electrons. The van der Waals surface area contributed by atoms with E-state index in [1.807, 2.05) is 0 Å². The van der Waals surface area contributed by atoms with Gasteiger partial charge in [-0.25, -0.2) is 12.7 Å². The van der Waals surface area contributed by atoms with E-state index in [4.69, 9.17) is 5.11 Å². The summed E-state index contributed by atoms with van der Waals surface area (Å²) >= 11 is 0. The van der Waals surface area contributed by atoms with Crippen molar-refractivity contribution in [2.45, 2.75) is 18.9 Å². The van der Waals surface area contributed by atoms with Gasteiger partial charge < -0.3 is 10.0 Å². The Morgan fingerprint density at radius 2 is 2.06 bits per heavy atom. The minimum Gasteiger partial charge on any atom is -0.481 e. The van der Waals surface area contributed by atoms with E-state index in [9.17, 15) is 18.0 Å². The van der Waals surface area contributed by atoms with Gasteiger partial charge in [0, 0.05) is 32.1 Å². The molecular weight excluding hydrogens is 260 g/mol. The van der Waals surface area contributed by atoms with Crippen LogP contribution in [0.2, 0.25) is 0 Å². The molecule has 2 saturated heterocycles. The Morgan fingerprint density at radius 3 is 2.50 bits per heavy atom. The van der Waals surface area contributed by atoms with Gasteiger partial charge in [0.25, 0.3) is 0 Å². The zero-order valence-corrected chi connectivity index (χ0v) is 10.9. The number of hydrogen-bond acceptors (Lipinski definition) is 4. The van der Waals surface area contributed by atoms with E-state index < -0.39 is 21.9 Å². The Balaban J connectivity index is 2.03. The fourth-order valence-corrected chi connectivity index (χ4v) is 3.40.